The first-order chi connectivity index (χ1) is 16.0. The van der Waals surface area contributed by atoms with Gasteiger partial charge in [0.05, 0.1) is 17.2 Å². The number of hydrazone groups is 1. The van der Waals surface area contributed by atoms with Crippen LogP contribution in [-0.2, 0) is 14.8 Å². The Balaban J connectivity index is 1.32. The molecule has 1 fully saturated rings. The van der Waals surface area contributed by atoms with Crippen molar-refractivity contribution in [3.05, 3.63) is 60.6 Å². The summed E-state index contributed by atoms with van der Waals surface area (Å²) in [4.78, 5) is 7.82. The van der Waals surface area contributed by atoms with E-state index in [2.05, 4.69) is 30.5 Å². The molecule has 1 aromatic carbocycles. The summed E-state index contributed by atoms with van der Waals surface area (Å²) in [7, 11) is -3.80. The summed E-state index contributed by atoms with van der Waals surface area (Å²) in [6.07, 6.45) is 6.70. The van der Waals surface area contributed by atoms with Gasteiger partial charge in [0, 0.05) is 31.1 Å². The summed E-state index contributed by atoms with van der Waals surface area (Å²) >= 11 is 5.18. The Hall–Kier alpha value is -3.35. The molecule has 2 aromatic heterocycles. The van der Waals surface area contributed by atoms with Gasteiger partial charge in [-0.3, -0.25) is 5.43 Å². The Morgan fingerprint density at radius 2 is 1.97 bits per heavy atom. The van der Waals surface area contributed by atoms with E-state index >= 15 is 0 Å². The molecule has 1 saturated heterocycles. The van der Waals surface area contributed by atoms with Crippen molar-refractivity contribution >= 4 is 39.5 Å². The Morgan fingerprint density at radius 1 is 1.18 bits per heavy atom. The fourth-order valence-electron chi connectivity index (χ4n) is 3.11. The van der Waals surface area contributed by atoms with Crippen molar-refractivity contribution < 1.29 is 17.6 Å². The molecular formula is C21H22N6O4S2. The Morgan fingerprint density at radius 3 is 2.70 bits per heavy atom. The van der Waals surface area contributed by atoms with Gasteiger partial charge in [0.2, 0.25) is 5.95 Å². The van der Waals surface area contributed by atoms with Crippen LogP contribution in [-0.4, -0.2) is 49.0 Å². The lowest BCUT2D eigenvalue weighted by molar-refractivity contribution is 0.114. The van der Waals surface area contributed by atoms with Crippen molar-refractivity contribution in [3.63, 3.8) is 0 Å². The molecule has 1 atom stereocenters. The molecule has 172 valence electrons. The first-order valence-corrected chi connectivity index (χ1v) is 12.1. The largest absolute Gasteiger partial charge is 0.455 e. The summed E-state index contributed by atoms with van der Waals surface area (Å²) in [5.74, 6) is 1.09. The molecule has 3 N–H and O–H groups in total. The van der Waals surface area contributed by atoms with Crippen molar-refractivity contribution in [1.82, 2.24) is 20.7 Å². The smallest absolute Gasteiger partial charge is 0.264 e. The molecule has 10 nitrogen and oxygen atoms in total. The molecule has 1 aliphatic heterocycles. The SMILES string of the molecule is O=S(=O)(Nc1ncccn1)c1ccc(-c2ccc(/C=N/NC(=S)NCC3CCCO3)o2)cc1. The summed E-state index contributed by atoms with van der Waals surface area (Å²) in [6, 6.07) is 11.4. The average molecular weight is 487 g/mol. The summed E-state index contributed by atoms with van der Waals surface area (Å²) < 4.78 is 38.6. The highest BCUT2D eigenvalue weighted by Gasteiger charge is 2.16. The molecule has 0 spiro atoms. The lowest BCUT2D eigenvalue weighted by Crippen LogP contribution is -2.37. The number of furan rings is 1. The van der Waals surface area contributed by atoms with E-state index < -0.39 is 10.0 Å². The minimum atomic E-state index is -3.80. The number of rotatable bonds is 8. The van der Waals surface area contributed by atoms with Crippen molar-refractivity contribution in [1.29, 1.82) is 0 Å². The molecular weight excluding hydrogens is 464 g/mol. The molecule has 0 bridgehead atoms. The fourth-order valence-corrected chi connectivity index (χ4v) is 4.21. The molecule has 3 heterocycles. The fraction of sp³-hybridized carbons (Fsp3) is 0.238. The van der Waals surface area contributed by atoms with E-state index in [0.717, 1.165) is 19.4 Å². The van der Waals surface area contributed by atoms with Crippen molar-refractivity contribution in [2.75, 3.05) is 17.9 Å². The van der Waals surface area contributed by atoms with Crippen LogP contribution < -0.4 is 15.5 Å². The van der Waals surface area contributed by atoms with Crippen LogP contribution in [0.2, 0.25) is 0 Å². The molecule has 0 saturated carbocycles. The minimum absolute atomic E-state index is 0.00620. The van der Waals surface area contributed by atoms with Crippen molar-refractivity contribution in [2.45, 2.75) is 23.8 Å². The number of benzene rings is 1. The van der Waals surface area contributed by atoms with Crippen LogP contribution in [0.3, 0.4) is 0 Å². The number of anilines is 1. The Bertz CT molecular complexity index is 1210. The second-order valence-corrected chi connectivity index (χ2v) is 9.21. The minimum Gasteiger partial charge on any atom is -0.455 e. The Kier molecular flexibility index (Phi) is 7.27. The molecule has 4 rings (SSSR count). The highest BCUT2D eigenvalue weighted by Crippen LogP contribution is 2.24. The van der Waals surface area contributed by atoms with Gasteiger partial charge in [0.1, 0.15) is 11.5 Å². The maximum Gasteiger partial charge on any atom is 0.264 e. The van der Waals surface area contributed by atoms with Gasteiger partial charge in [0.15, 0.2) is 5.11 Å². The van der Waals surface area contributed by atoms with E-state index in [1.807, 2.05) is 0 Å². The molecule has 33 heavy (non-hydrogen) atoms. The van der Waals surface area contributed by atoms with Crippen LogP contribution >= 0.6 is 12.2 Å². The lowest BCUT2D eigenvalue weighted by Gasteiger charge is -2.11. The molecule has 1 aliphatic rings. The number of nitrogens with zero attached hydrogens (tertiary/aromatic N) is 3. The second kappa shape index (κ2) is 10.5. The van der Waals surface area contributed by atoms with Gasteiger partial charge in [-0.15, -0.1) is 0 Å². The van der Waals surface area contributed by atoms with Crippen molar-refractivity contribution in [3.8, 4) is 11.3 Å². The summed E-state index contributed by atoms with van der Waals surface area (Å²) in [5.41, 5.74) is 3.45. The molecule has 0 amide bonds. The monoisotopic (exact) mass is 486 g/mol. The van der Waals surface area contributed by atoms with Crippen LogP contribution in [0.5, 0.6) is 0 Å². The van der Waals surface area contributed by atoms with Gasteiger partial charge in [-0.2, -0.15) is 5.10 Å². The summed E-state index contributed by atoms with van der Waals surface area (Å²) in [6.45, 7) is 1.44. The van der Waals surface area contributed by atoms with E-state index in [4.69, 9.17) is 21.4 Å². The molecule has 0 radical (unpaired) electrons. The Labute approximate surface area is 196 Å². The third-order valence-corrected chi connectivity index (χ3v) is 6.32. The van der Waals surface area contributed by atoms with Gasteiger partial charge in [-0.05, 0) is 67.5 Å². The van der Waals surface area contributed by atoms with Crippen LogP contribution in [0, 0.1) is 0 Å². The lowest BCUT2D eigenvalue weighted by atomic mass is 10.2. The van der Waals surface area contributed by atoms with E-state index in [1.54, 1.807) is 30.3 Å². The average Bonchev–Trinajstić information content (AvgIpc) is 3.51. The normalized spacial score (nSPS) is 16.1. The van der Waals surface area contributed by atoms with Gasteiger partial charge in [-0.1, -0.05) is 0 Å². The maximum absolute atomic E-state index is 12.5. The molecule has 1 unspecified atom stereocenters. The zero-order chi connectivity index (χ0) is 23.1. The van der Waals surface area contributed by atoms with Gasteiger partial charge in [-0.25, -0.2) is 23.1 Å². The number of ether oxygens (including phenoxy) is 1. The van der Waals surface area contributed by atoms with Gasteiger partial charge >= 0.3 is 0 Å². The third-order valence-electron chi connectivity index (χ3n) is 4.74. The van der Waals surface area contributed by atoms with E-state index in [9.17, 15) is 8.42 Å². The van der Waals surface area contributed by atoms with Crippen LogP contribution in [0.1, 0.15) is 18.6 Å². The number of aromatic nitrogens is 2. The third kappa shape index (κ3) is 6.34. The first kappa shape index (κ1) is 22.8. The first-order valence-electron chi connectivity index (χ1n) is 10.2. The number of sulfonamides is 1. The quantitative estimate of drug-likeness (QED) is 0.250. The summed E-state index contributed by atoms with van der Waals surface area (Å²) in [5, 5.41) is 7.53. The maximum atomic E-state index is 12.5. The predicted molar refractivity (Wildman–Crippen MR) is 127 cm³/mol. The standard InChI is InChI=1S/C21H22N6O4S2/c28-33(29,27-20-22-10-2-11-23-20)18-7-4-15(5-8-18)19-9-6-17(31-19)14-25-26-21(32)24-13-16-3-1-12-30-16/h2,4-11,14,16H,1,3,12-13H2,(H,22,23,27)(H2,24,26,32)/b25-14+. The molecule has 12 heteroatoms. The number of nitrogens with one attached hydrogen (secondary N) is 3. The number of thiocarbonyl (C=S) groups is 1. The zero-order valence-corrected chi connectivity index (χ0v) is 19.1. The van der Waals surface area contributed by atoms with E-state index in [0.29, 0.717) is 28.7 Å². The highest BCUT2D eigenvalue weighted by molar-refractivity contribution is 7.92. The molecule has 3 aromatic rings. The van der Waals surface area contributed by atoms with E-state index in [1.165, 1.54) is 30.7 Å². The van der Waals surface area contributed by atoms with Crippen molar-refractivity contribution in [2.24, 2.45) is 5.10 Å². The second-order valence-electron chi connectivity index (χ2n) is 7.12. The van der Waals surface area contributed by atoms with Gasteiger partial charge < -0.3 is 14.5 Å². The number of hydrogen-bond donors (Lipinski definition) is 3. The predicted octanol–water partition coefficient (Wildman–Crippen LogP) is 2.51. The zero-order valence-electron chi connectivity index (χ0n) is 17.5. The van der Waals surface area contributed by atoms with E-state index in [-0.39, 0.29) is 16.9 Å². The highest BCUT2D eigenvalue weighted by atomic mass is 32.2. The van der Waals surface area contributed by atoms with Gasteiger partial charge in [0.25, 0.3) is 10.0 Å². The van der Waals surface area contributed by atoms with Crippen LogP contribution in [0.4, 0.5) is 5.95 Å². The number of hydrogen-bond acceptors (Lipinski definition) is 8. The topological polar surface area (TPSA) is 131 Å². The van der Waals surface area contributed by atoms with Crippen LogP contribution in [0.15, 0.2) is 69.3 Å². The van der Waals surface area contributed by atoms with Crippen LogP contribution in [0.25, 0.3) is 11.3 Å². The molecule has 0 aliphatic carbocycles.